The topological polar surface area (TPSA) is 65.0 Å². The van der Waals surface area contributed by atoms with Gasteiger partial charge in [-0.05, 0) is 25.1 Å². The summed E-state index contributed by atoms with van der Waals surface area (Å²) in [6.07, 6.45) is 0. The van der Waals surface area contributed by atoms with Crippen molar-refractivity contribution in [3.8, 4) is 0 Å². The van der Waals surface area contributed by atoms with Gasteiger partial charge < -0.3 is 9.47 Å². The molecule has 0 spiro atoms. The SMILES string of the molecule is COC(=O)C(=Nc1cccc(F)c1C)c1ccccc1C(=O)OC. The van der Waals surface area contributed by atoms with Gasteiger partial charge in [-0.3, -0.25) is 0 Å². The number of aliphatic imine (C=N–C) groups is 1. The molecule has 0 amide bonds. The van der Waals surface area contributed by atoms with E-state index in [4.69, 9.17) is 9.47 Å². The number of benzene rings is 2. The molecule has 2 rings (SSSR count). The lowest BCUT2D eigenvalue weighted by atomic mass is 10.0. The minimum atomic E-state index is -0.741. The van der Waals surface area contributed by atoms with E-state index in [1.54, 1.807) is 31.2 Å². The molecular formula is C18H16FNO4. The Morgan fingerprint density at radius 1 is 0.958 bits per heavy atom. The molecule has 2 aromatic carbocycles. The monoisotopic (exact) mass is 329 g/mol. The van der Waals surface area contributed by atoms with Crippen LogP contribution >= 0.6 is 0 Å². The highest BCUT2D eigenvalue weighted by molar-refractivity contribution is 6.45. The number of nitrogens with zero attached hydrogens (tertiary/aromatic N) is 1. The first-order valence-electron chi connectivity index (χ1n) is 7.09. The zero-order valence-electron chi connectivity index (χ0n) is 13.5. The molecule has 0 unspecified atom stereocenters. The summed E-state index contributed by atoms with van der Waals surface area (Å²) in [5.74, 6) is -1.80. The van der Waals surface area contributed by atoms with E-state index in [1.807, 2.05) is 0 Å². The summed E-state index contributed by atoms with van der Waals surface area (Å²) >= 11 is 0. The molecule has 5 nitrogen and oxygen atoms in total. The largest absolute Gasteiger partial charge is 0.465 e. The van der Waals surface area contributed by atoms with Crippen LogP contribution in [0.1, 0.15) is 21.5 Å². The number of carbonyl (C=O) groups is 2. The quantitative estimate of drug-likeness (QED) is 0.638. The molecule has 0 heterocycles. The summed E-state index contributed by atoms with van der Waals surface area (Å²) in [6, 6.07) is 10.7. The standard InChI is InChI=1S/C18H16FNO4/c1-11-14(19)9-6-10-15(11)20-16(18(22)24-3)12-7-4-5-8-13(12)17(21)23-2/h4-10H,1-3H3. The summed E-state index contributed by atoms with van der Waals surface area (Å²) in [5.41, 5.74) is 0.870. The molecule has 0 aliphatic carbocycles. The molecule has 0 atom stereocenters. The number of hydrogen-bond acceptors (Lipinski definition) is 5. The average Bonchev–Trinajstić information content (AvgIpc) is 2.61. The molecule has 0 N–H and O–H groups in total. The number of rotatable bonds is 4. The van der Waals surface area contributed by atoms with Crippen molar-refractivity contribution in [2.75, 3.05) is 14.2 Å². The van der Waals surface area contributed by atoms with Crippen molar-refractivity contribution in [3.63, 3.8) is 0 Å². The van der Waals surface area contributed by atoms with E-state index in [9.17, 15) is 14.0 Å². The van der Waals surface area contributed by atoms with E-state index in [2.05, 4.69) is 4.99 Å². The normalized spacial score (nSPS) is 11.1. The first kappa shape index (κ1) is 17.3. The van der Waals surface area contributed by atoms with Gasteiger partial charge in [-0.15, -0.1) is 0 Å². The van der Waals surface area contributed by atoms with Crippen LogP contribution in [0.3, 0.4) is 0 Å². The van der Waals surface area contributed by atoms with Crippen molar-refractivity contribution in [2.24, 2.45) is 4.99 Å². The molecule has 0 aliphatic rings. The second-order valence-corrected chi connectivity index (χ2v) is 4.87. The van der Waals surface area contributed by atoms with E-state index < -0.39 is 17.8 Å². The van der Waals surface area contributed by atoms with Crippen LogP contribution in [0, 0.1) is 12.7 Å². The van der Waals surface area contributed by atoms with Gasteiger partial charge in [0.2, 0.25) is 0 Å². The van der Waals surface area contributed by atoms with Gasteiger partial charge in [0.1, 0.15) is 5.82 Å². The number of esters is 2. The van der Waals surface area contributed by atoms with Crippen LogP contribution in [0.5, 0.6) is 0 Å². The van der Waals surface area contributed by atoms with Crippen LogP contribution in [-0.4, -0.2) is 31.9 Å². The number of carbonyl (C=O) groups excluding carboxylic acids is 2. The first-order valence-corrected chi connectivity index (χ1v) is 7.09. The van der Waals surface area contributed by atoms with Crippen molar-refractivity contribution in [3.05, 3.63) is 65.0 Å². The number of ether oxygens (including phenoxy) is 2. The Balaban J connectivity index is 2.68. The van der Waals surface area contributed by atoms with Crippen LogP contribution < -0.4 is 0 Å². The van der Waals surface area contributed by atoms with Gasteiger partial charge >= 0.3 is 11.9 Å². The van der Waals surface area contributed by atoms with Gasteiger partial charge in [0.25, 0.3) is 0 Å². The molecule has 0 aliphatic heterocycles. The third kappa shape index (κ3) is 3.48. The maximum absolute atomic E-state index is 13.7. The summed E-state index contributed by atoms with van der Waals surface area (Å²) in [6.45, 7) is 1.55. The maximum Gasteiger partial charge on any atom is 0.357 e. The zero-order valence-corrected chi connectivity index (χ0v) is 13.5. The van der Waals surface area contributed by atoms with E-state index in [-0.39, 0.29) is 28.1 Å². The Labute approximate surface area is 138 Å². The molecule has 0 radical (unpaired) electrons. The molecule has 0 bridgehead atoms. The number of methoxy groups -OCH3 is 2. The lowest BCUT2D eigenvalue weighted by Crippen LogP contribution is -2.20. The number of hydrogen-bond donors (Lipinski definition) is 0. The van der Waals surface area contributed by atoms with Crippen LogP contribution in [-0.2, 0) is 14.3 Å². The van der Waals surface area contributed by atoms with Crippen LogP contribution in [0.25, 0.3) is 0 Å². The Morgan fingerprint density at radius 2 is 1.62 bits per heavy atom. The summed E-state index contributed by atoms with van der Waals surface area (Å²) in [5, 5.41) is 0. The van der Waals surface area contributed by atoms with E-state index in [0.717, 1.165) is 0 Å². The van der Waals surface area contributed by atoms with Gasteiger partial charge in [0, 0.05) is 11.1 Å². The number of halogens is 1. The molecule has 124 valence electrons. The van der Waals surface area contributed by atoms with Crippen molar-refractivity contribution >= 4 is 23.3 Å². The second-order valence-electron chi connectivity index (χ2n) is 4.87. The molecule has 0 saturated carbocycles. The minimum absolute atomic E-state index is 0.104. The van der Waals surface area contributed by atoms with Crippen molar-refractivity contribution in [1.29, 1.82) is 0 Å². The van der Waals surface area contributed by atoms with Gasteiger partial charge in [-0.2, -0.15) is 0 Å². The Hall–Kier alpha value is -3.02. The lowest BCUT2D eigenvalue weighted by Gasteiger charge is -2.10. The van der Waals surface area contributed by atoms with E-state index in [0.29, 0.717) is 0 Å². The van der Waals surface area contributed by atoms with Crippen molar-refractivity contribution < 1.29 is 23.5 Å². The smallest absolute Gasteiger partial charge is 0.357 e. The van der Waals surface area contributed by atoms with E-state index >= 15 is 0 Å². The minimum Gasteiger partial charge on any atom is -0.465 e. The molecule has 0 aromatic heterocycles. The lowest BCUT2D eigenvalue weighted by molar-refractivity contribution is -0.132. The Kier molecular flexibility index (Phi) is 5.42. The molecule has 2 aromatic rings. The zero-order chi connectivity index (χ0) is 17.7. The fourth-order valence-electron chi connectivity index (χ4n) is 2.13. The first-order chi connectivity index (χ1) is 11.5. The van der Waals surface area contributed by atoms with Gasteiger partial charge in [-0.1, -0.05) is 24.3 Å². The fourth-order valence-corrected chi connectivity index (χ4v) is 2.13. The predicted octanol–water partition coefficient (Wildman–Crippen LogP) is 3.21. The van der Waals surface area contributed by atoms with Gasteiger partial charge in [0.15, 0.2) is 5.71 Å². The van der Waals surface area contributed by atoms with Crippen LogP contribution in [0.15, 0.2) is 47.5 Å². The summed E-state index contributed by atoms with van der Waals surface area (Å²) < 4.78 is 23.2. The highest BCUT2D eigenvalue weighted by atomic mass is 19.1. The third-order valence-electron chi connectivity index (χ3n) is 3.44. The predicted molar refractivity (Wildman–Crippen MR) is 87.1 cm³/mol. The third-order valence-corrected chi connectivity index (χ3v) is 3.44. The highest BCUT2D eigenvalue weighted by Crippen LogP contribution is 2.23. The Morgan fingerprint density at radius 3 is 2.25 bits per heavy atom. The Bertz CT molecular complexity index is 814. The van der Waals surface area contributed by atoms with Crippen LogP contribution in [0.4, 0.5) is 10.1 Å². The second kappa shape index (κ2) is 7.50. The highest BCUT2D eigenvalue weighted by Gasteiger charge is 2.22. The fraction of sp³-hybridized carbons (Fsp3) is 0.167. The summed E-state index contributed by atoms with van der Waals surface area (Å²) in [7, 11) is 2.45. The van der Waals surface area contributed by atoms with Crippen LogP contribution in [0.2, 0.25) is 0 Å². The maximum atomic E-state index is 13.7. The van der Waals surface area contributed by atoms with E-state index in [1.165, 1.54) is 32.4 Å². The van der Waals surface area contributed by atoms with Crippen molar-refractivity contribution in [1.82, 2.24) is 0 Å². The molecule has 0 fully saturated rings. The van der Waals surface area contributed by atoms with Crippen molar-refractivity contribution in [2.45, 2.75) is 6.92 Å². The molecule has 0 saturated heterocycles. The average molecular weight is 329 g/mol. The molecule has 24 heavy (non-hydrogen) atoms. The van der Waals surface area contributed by atoms with Gasteiger partial charge in [0.05, 0.1) is 25.5 Å². The summed E-state index contributed by atoms with van der Waals surface area (Å²) in [4.78, 5) is 28.3. The molecule has 6 heteroatoms. The molecular weight excluding hydrogens is 313 g/mol. The van der Waals surface area contributed by atoms with Gasteiger partial charge in [-0.25, -0.2) is 19.0 Å².